The first-order valence-corrected chi connectivity index (χ1v) is 4.25. The first-order valence-electron chi connectivity index (χ1n) is 4.25. The zero-order valence-electron chi connectivity index (χ0n) is 8.11. The summed E-state index contributed by atoms with van der Waals surface area (Å²) in [5.74, 6) is 0.442. The Morgan fingerprint density at radius 1 is 1.23 bits per heavy atom. The van der Waals surface area contributed by atoms with E-state index in [4.69, 9.17) is 0 Å². The van der Waals surface area contributed by atoms with Crippen molar-refractivity contribution in [1.29, 1.82) is 0 Å². The number of nitrogens with one attached hydrogen (secondary N) is 1. The van der Waals surface area contributed by atoms with Crippen LogP contribution >= 0.6 is 0 Å². The maximum Gasteiger partial charge on any atom is 0.413 e. The molecule has 2 nitrogen and oxygen atoms in total. The largest absolute Gasteiger partial charge is 0.413 e. The Kier molecular flexibility index (Phi) is 5.32. The van der Waals surface area contributed by atoms with Crippen LogP contribution in [0.1, 0.15) is 27.2 Å². The van der Waals surface area contributed by atoms with Crippen LogP contribution in [0.2, 0.25) is 0 Å². The van der Waals surface area contributed by atoms with Gasteiger partial charge in [0.1, 0.15) is 0 Å². The molecule has 0 aliphatic heterocycles. The minimum Gasteiger partial charge on any atom is -0.292 e. The van der Waals surface area contributed by atoms with Crippen molar-refractivity contribution >= 4 is 0 Å². The Morgan fingerprint density at radius 2 is 1.77 bits per heavy atom. The molecule has 80 valence electrons. The van der Waals surface area contributed by atoms with Crippen molar-refractivity contribution in [3.8, 4) is 0 Å². The molecular formula is C8H16F3NO. The summed E-state index contributed by atoms with van der Waals surface area (Å²) >= 11 is 0. The summed E-state index contributed by atoms with van der Waals surface area (Å²) in [5.41, 5.74) is 2.35. The summed E-state index contributed by atoms with van der Waals surface area (Å²) in [6, 6.07) is -0.0534. The molecule has 0 aromatic heterocycles. The molecule has 0 heterocycles. The first-order chi connectivity index (χ1) is 5.81. The van der Waals surface area contributed by atoms with Crippen LogP contribution in [-0.4, -0.2) is 18.8 Å². The van der Waals surface area contributed by atoms with Crippen LogP contribution in [0.25, 0.3) is 0 Å². The van der Waals surface area contributed by atoms with Crippen molar-refractivity contribution < 1.29 is 18.0 Å². The highest BCUT2D eigenvalue weighted by atomic mass is 19.4. The number of halogens is 3. The molecule has 13 heavy (non-hydrogen) atoms. The number of hydrogen-bond acceptors (Lipinski definition) is 2. The van der Waals surface area contributed by atoms with Crippen molar-refractivity contribution in [1.82, 2.24) is 5.48 Å². The molecule has 0 aliphatic rings. The molecule has 0 saturated carbocycles. The molecule has 0 spiro atoms. The van der Waals surface area contributed by atoms with E-state index in [-0.39, 0.29) is 6.04 Å². The average molecular weight is 199 g/mol. The van der Waals surface area contributed by atoms with Gasteiger partial charge in [-0.05, 0) is 19.3 Å². The number of hydroxylamine groups is 1. The maximum atomic E-state index is 11.6. The lowest BCUT2D eigenvalue weighted by Gasteiger charge is -2.16. The van der Waals surface area contributed by atoms with E-state index in [1.807, 2.05) is 13.8 Å². The lowest BCUT2D eigenvalue weighted by atomic mass is 10.1. The fraction of sp³-hybridized carbons (Fsp3) is 1.00. The fourth-order valence-corrected chi connectivity index (χ4v) is 1.02. The lowest BCUT2D eigenvalue weighted by molar-refractivity contribution is -0.192. The van der Waals surface area contributed by atoms with Gasteiger partial charge in [-0.15, -0.1) is 0 Å². The highest BCUT2D eigenvalue weighted by Gasteiger charge is 2.27. The molecule has 1 N–H and O–H groups in total. The topological polar surface area (TPSA) is 21.3 Å². The molecule has 0 rings (SSSR count). The fourth-order valence-electron chi connectivity index (χ4n) is 1.02. The molecule has 0 aromatic rings. The van der Waals surface area contributed by atoms with Crippen LogP contribution in [0.3, 0.4) is 0 Å². The Balaban J connectivity index is 3.42. The lowest BCUT2D eigenvalue weighted by Crippen LogP contribution is -2.31. The van der Waals surface area contributed by atoms with Crippen LogP contribution in [0.5, 0.6) is 0 Å². The van der Waals surface area contributed by atoms with Crippen LogP contribution in [-0.2, 0) is 4.84 Å². The van der Waals surface area contributed by atoms with Gasteiger partial charge in [0.2, 0.25) is 0 Å². The van der Waals surface area contributed by atoms with E-state index in [0.717, 1.165) is 6.42 Å². The molecule has 5 heteroatoms. The molecule has 1 unspecified atom stereocenters. The quantitative estimate of drug-likeness (QED) is 0.687. The predicted octanol–water partition coefficient (Wildman–Crippen LogP) is 2.50. The standard InChI is InChI=1S/C8H16F3NO/c1-6(2)4-7(3)12-13-5-8(9,10)11/h6-7,12H,4-5H2,1-3H3. The second-order valence-electron chi connectivity index (χ2n) is 3.55. The van der Waals surface area contributed by atoms with E-state index in [0.29, 0.717) is 5.92 Å². The molecule has 0 aliphatic carbocycles. The summed E-state index contributed by atoms with van der Waals surface area (Å²) in [5, 5.41) is 0. The molecule has 0 fully saturated rings. The van der Waals surface area contributed by atoms with Gasteiger partial charge in [0.05, 0.1) is 0 Å². The SMILES string of the molecule is CC(C)CC(C)NOCC(F)(F)F. The van der Waals surface area contributed by atoms with Gasteiger partial charge in [0.15, 0.2) is 6.61 Å². The van der Waals surface area contributed by atoms with Crippen LogP contribution in [0, 0.1) is 5.92 Å². The smallest absolute Gasteiger partial charge is 0.292 e. The number of alkyl halides is 3. The molecule has 0 amide bonds. The Bertz CT molecular complexity index is 136. The molecule has 0 aromatic carbocycles. The van der Waals surface area contributed by atoms with E-state index in [9.17, 15) is 13.2 Å². The van der Waals surface area contributed by atoms with Crippen LogP contribution < -0.4 is 5.48 Å². The van der Waals surface area contributed by atoms with Crippen LogP contribution in [0.15, 0.2) is 0 Å². The molecule has 0 radical (unpaired) electrons. The summed E-state index contributed by atoms with van der Waals surface area (Å²) in [7, 11) is 0. The predicted molar refractivity (Wildman–Crippen MR) is 44.1 cm³/mol. The van der Waals surface area contributed by atoms with Gasteiger partial charge in [0, 0.05) is 6.04 Å². The monoisotopic (exact) mass is 199 g/mol. The zero-order valence-corrected chi connectivity index (χ0v) is 8.11. The Labute approximate surface area is 76.4 Å². The van der Waals surface area contributed by atoms with Gasteiger partial charge in [-0.3, -0.25) is 4.84 Å². The van der Waals surface area contributed by atoms with Crippen molar-refractivity contribution in [2.75, 3.05) is 6.61 Å². The normalized spacial score (nSPS) is 15.0. The molecule has 0 bridgehead atoms. The van der Waals surface area contributed by atoms with E-state index in [1.165, 1.54) is 0 Å². The van der Waals surface area contributed by atoms with Gasteiger partial charge in [-0.2, -0.15) is 18.7 Å². The second-order valence-corrected chi connectivity index (χ2v) is 3.55. The molecule has 0 saturated heterocycles. The summed E-state index contributed by atoms with van der Waals surface area (Å²) in [6.07, 6.45) is -3.47. The van der Waals surface area contributed by atoms with Gasteiger partial charge >= 0.3 is 6.18 Å². The summed E-state index contributed by atoms with van der Waals surface area (Å²) in [6.45, 7) is 4.55. The van der Waals surface area contributed by atoms with Crippen molar-refractivity contribution in [2.45, 2.75) is 39.4 Å². The van der Waals surface area contributed by atoms with Gasteiger partial charge in [-0.25, -0.2) is 0 Å². The maximum absolute atomic E-state index is 11.6. The summed E-state index contributed by atoms with van der Waals surface area (Å²) in [4.78, 5) is 4.29. The van der Waals surface area contributed by atoms with Crippen molar-refractivity contribution in [2.24, 2.45) is 5.92 Å². The number of rotatable bonds is 5. The minimum absolute atomic E-state index is 0.0534. The highest BCUT2D eigenvalue weighted by Crippen LogP contribution is 2.14. The summed E-state index contributed by atoms with van der Waals surface area (Å²) < 4.78 is 34.8. The Morgan fingerprint density at radius 3 is 2.15 bits per heavy atom. The van der Waals surface area contributed by atoms with E-state index in [2.05, 4.69) is 10.3 Å². The van der Waals surface area contributed by atoms with E-state index < -0.39 is 12.8 Å². The van der Waals surface area contributed by atoms with Gasteiger partial charge < -0.3 is 0 Å². The van der Waals surface area contributed by atoms with Gasteiger partial charge in [-0.1, -0.05) is 13.8 Å². The Hall–Kier alpha value is -0.290. The third-order valence-corrected chi connectivity index (χ3v) is 1.35. The second kappa shape index (κ2) is 5.44. The minimum atomic E-state index is -4.26. The van der Waals surface area contributed by atoms with Crippen molar-refractivity contribution in [3.05, 3.63) is 0 Å². The van der Waals surface area contributed by atoms with E-state index >= 15 is 0 Å². The third-order valence-electron chi connectivity index (χ3n) is 1.35. The number of hydrogen-bond donors (Lipinski definition) is 1. The first kappa shape index (κ1) is 12.7. The molecular weight excluding hydrogens is 183 g/mol. The van der Waals surface area contributed by atoms with Gasteiger partial charge in [0.25, 0.3) is 0 Å². The zero-order chi connectivity index (χ0) is 10.5. The van der Waals surface area contributed by atoms with Crippen molar-refractivity contribution in [3.63, 3.8) is 0 Å². The molecule has 1 atom stereocenters. The third kappa shape index (κ3) is 9.63. The highest BCUT2D eigenvalue weighted by molar-refractivity contribution is 4.57. The average Bonchev–Trinajstić information content (AvgIpc) is 1.81. The van der Waals surface area contributed by atoms with Crippen LogP contribution in [0.4, 0.5) is 13.2 Å². The van der Waals surface area contributed by atoms with E-state index in [1.54, 1.807) is 6.92 Å².